The normalized spacial score (nSPS) is 18.3. The van der Waals surface area contributed by atoms with Gasteiger partial charge >= 0.3 is 5.97 Å². The monoisotopic (exact) mass is 624 g/mol. The molecule has 3 N–H and O–H groups in total. The van der Waals surface area contributed by atoms with Gasteiger partial charge in [-0.1, -0.05) is 78.5 Å². The predicted octanol–water partition coefficient (Wildman–Crippen LogP) is 3.25. The fraction of sp³-hybridized carbons (Fsp3) is 0.214. The van der Waals surface area contributed by atoms with E-state index in [0.717, 1.165) is 22.7 Å². The van der Waals surface area contributed by atoms with Crippen LogP contribution in [0.3, 0.4) is 0 Å². The molecule has 0 bridgehead atoms. The summed E-state index contributed by atoms with van der Waals surface area (Å²) in [5.41, 5.74) is 7.61. The largest absolute Gasteiger partial charge is 0.448 e. The van der Waals surface area contributed by atoms with Crippen LogP contribution in [0.25, 0.3) is 0 Å². The van der Waals surface area contributed by atoms with Crippen LogP contribution in [0.5, 0.6) is 0 Å². The number of aromatic nitrogens is 2. The van der Waals surface area contributed by atoms with Crippen LogP contribution in [-0.4, -0.2) is 67.4 Å². The minimum Gasteiger partial charge on any atom is -0.448 e. The van der Waals surface area contributed by atoms with Crippen molar-refractivity contribution in [3.63, 3.8) is 0 Å². The molecule has 0 aliphatic carbocycles. The van der Waals surface area contributed by atoms with E-state index in [1.807, 2.05) is 60.7 Å². The SMILES string of the molecule is C=CCO/N=C(/C(=O)NC1C(=O)N2C(C(=O)OC(c3ccccc3)c3ccccc3)=C(CCl)CSC12)c1nsc(N)n1. The fourth-order valence-corrected chi connectivity index (χ4v) is 6.51. The summed E-state index contributed by atoms with van der Waals surface area (Å²) in [5, 5.41) is 6.05. The molecular formula is C28H25ClN6O5S2. The molecule has 0 saturated carbocycles. The number of thioether (sulfide) groups is 1. The van der Waals surface area contributed by atoms with Crippen molar-refractivity contribution < 1.29 is 24.0 Å². The molecule has 2 atom stereocenters. The molecule has 1 fully saturated rings. The maximum atomic E-state index is 13.7. The second-order valence-corrected chi connectivity index (χ2v) is 11.2. The molecule has 42 heavy (non-hydrogen) atoms. The predicted molar refractivity (Wildman–Crippen MR) is 161 cm³/mol. The van der Waals surface area contributed by atoms with Crippen LogP contribution in [0.4, 0.5) is 5.13 Å². The van der Waals surface area contributed by atoms with Crippen LogP contribution in [-0.2, 0) is 24.0 Å². The van der Waals surface area contributed by atoms with Crippen LogP contribution in [0, 0.1) is 0 Å². The summed E-state index contributed by atoms with van der Waals surface area (Å²) < 4.78 is 10.1. The first-order valence-corrected chi connectivity index (χ1v) is 15.0. The molecular weight excluding hydrogens is 600 g/mol. The zero-order valence-corrected chi connectivity index (χ0v) is 24.4. The van der Waals surface area contributed by atoms with Gasteiger partial charge in [0.25, 0.3) is 11.8 Å². The van der Waals surface area contributed by atoms with Gasteiger partial charge in [0.15, 0.2) is 11.2 Å². The van der Waals surface area contributed by atoms with Crippen molar-refractivity contribution in [2.45, 2.75) is 17.5 Å². The standard InChI is InChI=1S/C28H25ClN6O5S2/c1-2-13-39-33-19(23-32-28(30)42-34-23)24(36)31-20-25(37)35-21(18(14-29)15-41-26(20)35)27(38)40-22(16-9-5-3-6-10-16)17-11-7-4-8-12-17/h2-12,20,22,26H,1,13-15H2,(H,31,36)(H2,30,32,34)/b33-19+. The molecule has 1 saturated heterocycles. The molecule has 0 spiro atoms. The lowest BCUT2D eigenvalue weighted by atomic mass is 10.0. The first-order valence-electron chi connectivity index (χ1n) is 12.7. The van der Waals surface area contributed by atoms with Crippen LogP contribution < -0.4 is 11.1 Å². The Morgan fingerprint density at radius 1 is 1.19 bits per heavy atom. The first kappa shape index (κ1) is 29.3. The third kappa shape index (κ3) is 6.03. The number of rotatable bonds is 11. The van der Waals surface area contributed by atoms with E-state index in [2.05, 4.69) is 26.4 Å². The number of ether oxygens (including phenoxy) is 1. The number of fused-ring (bicyclic) bond motifs is 1. The Balaban J connectivity index is 1.37. The Labute approximate surface area is 254 Å². The van der Waals surface area contributed by atoms with Crippen LogP contribution in [0.2, 0.25) is 0 Å². The summed E-state index contributed by atoms with van der Waals surface area (Å²) in [7, 11) is 0. The summed E-state index contributed by atoms with van der Waals surface area (Å²) in [4.78, 5) is 50.8. The van der Waals surface area contributed by atoms with E-state index in [0.29, 0.717) is 11.3 Å². The highest BCUT2D eigenvalue weighted by Crippen LogP contribution is 2.42. The smallest absolute Gasteiger partial charge is 0.356 e. The molecule has 3 heterocycles. The lowest BCUT2D eigenvalue weighted by molar-refractivity contribution is -0.154. The zero-order valence-electron chi connectivity index (χ0n) is 22.0. The molecule has 1 aromatic heterocycles. The number of nitrogens with one attached hydrogen (secondary N) is 1. The van der Waals surface area contributed by atoms with E-state index in [-0.39, 0.29) is 34.9 Å². The van der Waals surface area contributed by atoms with Crippen LogP contribution >= 0.6 is 34.9 Å². The lowest BCUT2D eigenvalue weighted by Gasteiger charge is -2.49. The lowest BCUT2D eigenvalue weighted by Crippen LogP contribution is -2.71. The first-order chi connectivity index (χ1) is 20.4. The van der Waals surface area contributed by atoms with Gasteiger partial charge in [-0.2, -0.15) is 9.36 Å². The number of halogens is 1. The molecule has 0 radical (unpaired) electrons. The van der Waals surface area contributed by atoms with Gasteiger partial charge < -0.3 is 20.6 Å². The number of hydrogen-bond donors (Lipinski definition) is 2. The Kier molecular flexibility index (Phi) is 9.20. The average Bonchev–Trinajstić information content (AvgIpc) is 3.46. The molecule has 216 valence electrons. The van der Waals surface area contributed by atoms with E-state index < -0.39 is 35.3 Å². The number of alkyl halides is 1. The van der Waals surface area contributed by atoms with Crippen molar-refractivity contribution >= 4 is 63.5 Å². The number of amides is 2. The van der Waals surface area contributed by atoms with E-state index >= 15 is 0 Å². The molecule has 3 aromatic rings. The molecule has 11 nitrogen and oxygen atoms in total. The number of nitrogens with two attached hydrogens (primary N) is 1. The van der Waals surface area contributed by atoms with Crippen molar-refractivity contribution in [1.82, 2.24) is 19.6 Å². The Hall–Kier alpha value is -4.20. The molecule has 2 aliphatic heterocycles. The Morgan fingerprint density at radius 3 is 2.43 bits per heavy atom. The minimum absolute atomic E-state index is 0.0284. The van der Waals surface area contributed by atoms with Gasteiger partial charge in [0.2, 0.25) is 11.5 Å². The summed E-state index contributed by atoms with van der Waals surface area (Å²) >= 11 is 8.48. The summed E-state index contributed by atoms with van der Waals surface area (Å²) in [6.45, 7) is 3.58. The maximum absolute atomic E-state index is 13.7. The highest BCUT2D eigenvalue weighted by atomic mass is 35.5. The highest BCUT2D eigenvalue weighted by Gasteiger charge is 2.55. The molecule has 2 aliphatic rings. The molecule has 5 rings (SSSR count). The number of carbonyl (C=O) groups excluding carboxylic acids is 3. The van der Waals surface area contributed by atoms with Gasteiger partial charge in [0.05, 0.1) is 0 Å². The second kappa shape index (κ2) is 13.2. The van der Waals surface area contributed by atoms with E-state index in [4.69, 9.17) is 26.9 Å². The summed E-state index contributed by atoms with van der Waals surface area (Å²) in [6.07, 6.45) is 0.742. The van der Waals surface area contributed by atoms with Crippen LogP contribution in [0.15, 0.2) is 89.7 Å². The number of benzene rings is 2. The number of hydrogen-bond acceptors (Lipinski definition) is 11. The van der Waals surface area contributed by atoms with Gasteiger partial charge in [0.1, 0.15) is 23.7 Å². The Morgan fingerprint density at radius 2 is 1.86 bits per heavy atom. The van der Waals surface area contributed by atoms with E-state index in [9.17, 15) is 14.4 Å². The van der Waals surface area contributed by atoms with Crippen molar-refractivity contribution in [3.8, 4) is 0 Å². The third-order valence-electron chi connectivity index (χ3n) is 6.33. The van der Waals surface area contributed by atoms with Crippen molar-refractivity contribution in [3.05, 3.63) is 102 Å². The highest BCUT2D eigenvalue weighted by molar-refractivity contribution is 8.00. The molecule has 2 aromatic carbocycles. The number of oxime groups is 1. The van der Waals surface area contributed by atoms with Gasteiger partial charge in [-0.15, -0.1) is 23.4 Å². The van der Waals surface area contributed by atoms with E-state index in [1.165, 1.54) is 22.7 Å². The van der Waals surface area contributed by atoms with Crippen molar-refractivity contribution in [2.24, 2.45) is 5.16 Å². The number of carbonyl (C=O) groups is 3. The van der Waals surface area contributed by atoms with Gasteiger partial charge in [0, 0.05) is 23.2 Å². The molecule has 2 unspecified atom stereocenters. The summed E-state index contributed by atoms with van der Waals surface area (Å²) in [6, 6.07) is 17.7. The van der Waals surface area contributed by atoms with Crippen LogP contribution in [0.1, 0.15) is 23.1 Å². The van der Waals surface area contributed by atoms with E-state index in [1.54, 1.807) is 0 Å². The number of nitrogen functional groups attached to an aromatic ring is 1. The van der Waals surface area contributed by atoms with Crippen molar-refractivity contribution in [2.75, 3.05) is 24.0 Å². The number of anilines is 1. The van der Waals surface area contributed by atoms with Gasteiger partial charge in [-0.05, 0) is 16.7 Å². The Bertz CT molecular complexity index is 1510. The average molecular weight is 625 g/mol. The van der Waals surface area contributed by atoms with Crippen molar-refractivity contribution in [1.29, 1.82) is 0 Å². The number of β-lactam (4-membered cyclic amide) rings is 1. The third-order valence-corrected chi connectivity index (χ3v) is 8.54. The number of esters is 1. The topological polar surface area (TPSA) is 149 Å². The minimum atomic E-state index is -0.957. The van der Waals surface area contributed by atoms with Gasteiger partial charge in [-0.3, -0.25) is 14.5 Å². The maximum Gasteiger partial charge on any atom is 0.356 e. The quantitative estimate of drug-likeness (QED) is 0.0623. The zero-order chi connectivity index (χ0) is 29.6. The second-order valence-electron chi connectivity index (χ2n) is 9.03. The van der Waals surface area contributed by atoms with Gasteiger partial charge in [-0.25, -0.2) is 4.79 Å². The fourth-order valence-electron chi connectivity index (χ4n) is 4.40. The molecule has 14 heteroatoms. The molecule has 2 amide bonds. The number of nitrogens with zero attached hydrogens (tertiary/aromatic N) is 4. The summed E-state index contributed by atoms with van der Waals surface area (Å²) in [5.74, 6) is -1.57.